The van der Waals surface area contributed by atoms with Crippen molar-refractivity contribution in [3.63, 3.8) is 0 Å². The second kappa shape index (κ2) is 6.03. The normalized spacial score (nSPS) is 11.2. The van der Waals surface area contributed by atoms with Crippen molar-refractivity contribution < 1.29 is 17.5 Å². The molecule has 0 heterocycles. The maximum atomic E-state index is 13.1. The van der Waals surface area contributed by atoms with E-state index in [1.54, 1.807) is 24.3 Å². The van der Waals surface area contributed by atoms with Crippen LogP contribution in [0.3, 0.4) is 0 Å². The van der Waals surface area contributed by atoms with Crippen LogP contribution in [0.4, 0.5) is 10.1 Å². The number of benzene rings is 2. The Morgan fingerprint density at radius 2 is 1.86 bits per heavy atom. The van der Waals surface area contributed by atoms with Gasteiger partial charge in [-0.15, -0.1) is 0 Å². The van der Waals surface area contributed by atoms with Crippen LogP contribution in [0.15, 0.2) is 51.8 Å². The molecule has 0 N–H and O–H groups in total. The van der Waals surface area contributed by atoms with Gasteiger partial charge in [0.1, 0.15) is 16.5 Å². The van der Waals surface area contributed by atoms with E-state index in [-0.39, 0.29) is 9.37 Å². The number of halogens is 2. The largest absolute Gasteiger partial charge is 0.495 e. The van der Waals surface area contributed by atoms with Gasteiger partial charge in [-0.3, -0.25) is 4.31 Å². The molecule has 0 radical (unpaired) electrons. The highest BCUT2D eigenvalue weighted by Crippen LogP contribution is 2.33. The molecule has 4 nitrogen and oxygen atoms in total. The number of methoxy groups -OCH3 is 1. The molecular weight excluding hydrogens is 361 g/mol. The number of para-hydroxylation sites is 2. The van der Waals surface area contributed by atoms with Gasteiger partial charge in [-0.05, 0) is 46.3 Å². The number of anilines is 1. The molecule has 0 aliphatic heterocycles. The highest BCUT2D eigenvalue weighted by atomic mass is 79.9. The minimum absolute atomic E-state index is 0.0164. The molecule has 0 saturated heterocycles. The zero-order chi connectivity index (χ0) is 15.6. The van der Waals surface area contributed by atoms with Gasteiger partial charge in [0, 0.05) is 11.5 Å². The van der Waals surface area contributed by atoms with Crippen LogP contribution in [0, 0.1) is 5.82 Å². The number of rotatable bonds is 4. The summed E-state index contributed by atoms with van der Waals surface area (Å²) in [5, 5.41) is 0. The molecule has 0 amide bonds. The summed E-state index contributed by atoms with van der Waals surface area (Å²) in [5.74, 6) is -0.0809. The van der Waals surface area contributed by atoms with Crippen molar-refractivity contribution in [1.82, 2.24) is 0 Å². The molecule has 2 rings (SSSR count). The van der Waals surface area contributed by atoms with E-state index in [9.17, 15) is 12.8 Å². The van der Waals surface area contributed by atoms with E-state index in [1.807, 2.05) is 0 Å². The van der Waals surface area contributed by atoms with Crippen molar-refractivity contribution in [3.8, 4) is 5.75 Å². The SMILES string of the molecule is COc1ccccc1N(C)S(=O)(=O)c1ccc(F)cc1Br. The standard InChI is InChI=1S/C14H13BrFNO3S/c1-17(12-5-3-4-6-13(12)20-2)21(18,19)14-8-7-10(16)9-11(14)15/h3-9H,1-2H3. The summed E-state index contributed by atoms with van der Waals surface area (Å²) in [6, 6.07) is 10.2. The smallest absolute Gasteiger partial charge is 0.265 e. The van der Waals surface area contributed by atoms with Gasteiger partial charge in [0.05, 0.1) is 12.8 Å². The predicted molar refractivity (Wildman–Crippen MR) is 82.7 cm³/mol. The van der Waals surface area contributed by atoms with Gasteiger partial charge < -0.3 is 4.74 Å². The fourth-order valence-corrected chi connectivity index (χ4v) is 4.07. The Kier molecular flexibility index (Phi) is 4.53. The first kappa shape index (κ1) is 15.8. The molecule has 2 aromatic carbocycles. The zero-order valence-electron chi connectivity index (χ0n) is 11.4. The summed E-state index contributed by atoms with van der Waals surface area (Å²) in [7, 11) is -0.947. The molecule has 2 aromatic rings. The Bertz CT molecular complexity index is 765. The molecule has 0 spiro atoms. The molecule has 7 heteroatoms. The molecule has 112 valence electrons. The summed E-state index contributed by atoms with van der Waals surface area (Å²) in [6.07, 6.45) is 0. The zero-order valence-corrected chi connectivity index (χ0v) is 13.8. The van der Waals surface area contributed by atoms with E-state index in [4.69, 9.17) is 4.74 Å². The maximum absolute atomic E-state index is 13.1. The highest BCUT2D eigenvalue weighted by Gasteiger charge is 2.25. The molecule has 0 bridgehead atoms. The molecule has 0 saturated carbocycles. The van der Waals surface area contributed by atoms with Gasteiger partial charge in [0.15, 0.2) is 0 Å². The van der Waals surface area contributed by atoms with Crippen molar-refractivity contribution in [3.05, 3.63) is 52.8 Å². The number of hydrogen-bond acceptors (Lipinski definition) is 3. The van der Waals surface area contributed by atoms with Crippen LogP contribution in [-0.2, 0) is 10.0 Å². The van der Waals surface area contributed by atoms with Gasteiger partial charge in [0.25, 0.3) is 10.0 Å². The lowest BCUT2D eigenvalue weighted by Crippen LogP contribution is -2.27. The fourth-order valence-electron chi connectivity index (χ4n) is 1.85. The molecule has 0 aromatic heterocycles. The van der Waals surface area contributed by atoms with E-state index < -0.39 is 15.8 Å². The minimum Gasteiger partial charge on any atom is -0.495 e. The fraction of sp³-hybridized carbons (Fsp3) is 0.143. The summed E-state index contributed by atoms with van der Waals surface area (Å²) in [6.45, 7) is 0. The topological polar surface area (TPSA) is 46.6 Å². The maximum Gasteiger partial charge on any atom is 0.265 e. The summed E-state index contributed by atoms with van der Waals surface area (Å²) >= 11 is 3.08. The predicted octanol–water partition coefficient (Wildman–Crippen LogP) is 3.42. The van der Waals surface area contributed by atoms with Crippen LogP contribution in [-0.4, -0.2) is 22.6 Å². The third-order valence-electron chi connectivity index (χ3n) is 2.96. The van der Waals surface area contributed by atoms with Crippen molar-refractivity contribution in [2.75, 3.05) is 18.5 Å². The van der Waals surface area contributed by atoms with Crippen LogP contribution in [0.5, 0.6) is 5.75 Å². The second-order valence-electron chi connectivity index (χ2n) is 4.22. The molecule has 0 atom stereocenters. The Balaban J connectivity index is 2.53. The lowest BCUT2D eigenvalue weighted by Gasteiger charge is -2.22. The average molecular weight is 374 g/mol. The first-order valence-corrected chi connectivity index (χ1v) is 8.18. The summed E-state index contributed by atoms with van der Waals surface area (Å²) in [5.41, 5.74) is 0.399. The van der Waals surface area contributed by atoms with E-state index in [0.717, 1.165) is 16.4 Å². The third-order valence-corrected chi connectivity index (χ3v) is 5.70. The van der Waals surface area contributed by atoms with E-state index in [2.05, 4.69) is 15.9 Å². The summed E-state index contributed by atoms with van der Waals surface area (Å²) in [4.78, 5) is -0.0164. The quantitative estimate of drug-likeness (QED) is 0.824. The third kappa shape index (κ3) is 3.03. The second-order valence-corrected chi connectivity index (χ2v) is 7.01. The van der Waals surface area contributed by atoms with Crippen molar-refractivity contribution in [2.45, 2.75) is 4.90 Å². The van der Waals surface area contributed by atoms with E-state index >= 15 is 0 Å². The number of ether oxygens (including phenoxy) is 1. The molecule has 0 fully saturated rings. The summed E-state index contributed by atoms with van der Waals surface area (Å²) < 4.78 is 44.9. The Labute approximate surface area is 131 Å². The van der Waals surface area contributed by atoms with Gasteiger partial charge in [-0.2, -0.15) is 0 Å². The van der Waals surface area contributed by atoms with Crippen molar-refractivity contribution in [1.29, 1.82) is 0 Å². The van der Waals surface area contributed by atoms with Gasteiger partial charge in [-0.1, -0.05) is 12.1 Å². The minimum atomic E-state index is -3.83. The monoisotopic (exact) mass is 373 g/mol. The van der Waals surface area contributed by atoms with Crippen LogP contribution >= 0.6 is 15.9 Å². The average Bonchev–Trinajstić information content (AvgIpc) is 2.46. The Morgan fingerprint density at radius 3 is 2.48 bits per heavy atom. The lowest BCUT2D eigenvalue weighted by atomic mass is 10.3. The number of nitrogens with zero attached hydrogens (tertiary/aromatic N) is 1. The molecular formula is C14H13BrFNO3S. The lowest BCUT2D eigenvalue weighted by molar-refractivity contribution is 0.416. The molecule has 21 heavy (non-hydrogen) atoms. The van der Waals surface area contributed by atoms with Crippen molar-refractivity contribution >= 4 is 31.6 Å². The van der Waals surface area contributed by atoms with Crippen LogP contribution in [0.2, 0.25) is 0 Å². The Hall–Kier alpha value is -1.60. The number of sulfonamides is 1. The molecule has 0 aliphatic rings. The van der Waals surface area contributed by atoms with Crippen LogP contribution in [0.1, 0.15) is 0 Å². The van der Waals surface area contributed by atoms with Gasteiger partial charge in [0.2, 0.25) is 0 Å². The van der Waals surface area contributed by atoms with Gasteiger partial charge in [-0.25, -0.2) is 12.8 Å². The highest BCUT2D eigenvalue weighted by molar-refractivity contribution is 9.10. The van der Waals surface area contributed by atoms with Gasteiger partial charge >= 0.3 is 0 Å². The first-order valence-electron chi connectivity index (χ1n) is 5.95. The van der Waals surface area contributed by atoms with Crippen LogP contribution < -0.4 is 9.04 Å². The van der Waals surface area contributed by atoms with Crippen LogP contribution in [0.25, 0.3) is 0 Å². The molecule has 0 unspecified atom stereocenters. The Morgan fingerprint density at radius 1 is 1.19 bits per heavy atom. The molecule has 0 aliphatic carbocycles. The van der Waals surface area contributed by atoms with E-state index in [1.165, 1.54) is 20.2 Å². The van der Waals surface area contributed by atoms with E-state index in [0.29, 0.717) is 11.4 Å². The first-order chi connectivity index (χ1) is 9.87. The number of hydrogen-bond donors (Lipinski definition) is 0. The van der Waals surface area contributed by atoms with Crippen molar-refractivity contribution in [2.24, 2.45) is 0 Å².